The number of pyridine rings is 1. The van der Waals surface area contributed by atoms with Crippen LogP contribution in [0.15, 0.2) is 48.8 Å². The van der Waals surface area contributed by atoms with Crippen LogP contribution in [0.3, 0.4) is 0 Å². The highest BCUT2D eigenvalue weighted by Crippen LogP contribution is 2.29. The highest BCUT2D eigenvalue weighted by molar-refractivity contribution is 5.67. The Bertz CT molecular complexity index is 584. The van der Waals surface area contributed by atoms with Crippen molar-refractivity contribution in [1.82, 2.24) is 10.3 Å². The number of benzene rings is 1. The summed E-state index contributed by atoms with van der Waals surface area (Å²) in [6.45, 7) is 3.44. The molecule has 2 aliphatic heterocycles. The van der Waals surface area contributed by atoms with Gasteiger partial charge in [-0.1, -0.05) is 30.3 Å². The zero-order valence-corrected chi connectivity index (χ0v) is 11.5. The molecule has 20 heavy (non-hydrogen) atoms. The van der Waals surface area contributed by atoms with Gasteiger partial charge in [0.25, 0.3) is 0 Å². The number of nitrogens with one attached hydrogen (secondary N) is 1. The predicted octanol–water partition coefficient (Wildman–Crippen LogP) is 2.55. The quantitative estimate of drug-likeness (QED) is 0.904. The van der Waals surface area contributed by atoms with E-state index >= 15 is 0 Å². The summed E-state index contributed by atoms with van der Waals surface area (Å²) in [5.74, 6) is 0.800. The Balaban J connectivity index is 1.63. The monoisotopic (exact) mass is 265 g/mol. The molecular weight excluding hydrogens is 246 g/mol. The zero-order chi connectivity index (χ0) is 13.4. The van der Waals surface area contributed by atoms with E-state index in [1.807, 2.05) is 12.4 Å². The van der Waals surface area contributed by atoms with E-state index in [0.717, 1.165) is 19.0 Å². The molecule has 2 atom stereocenters. The van der Waals surface area contributed by atoms with Crippen LogP contribution in [0.2, 0.25) is 0 Å². The SMILES string of the molecule is c1ccc(-c2cncc(N3C[C@@H]4CN[C@H](C4)C3)c2)cc1. The number of nitrogens with zero attached hydrogens (tertiary/aromatic N) is 2. The van der Waals surface area contributed by atoms with Gasteiger partial charge in [0.1, 0.15) is 0 Å². The lowest BCUT2D eigenvalue weighted by Crippen LogP contribution is -2.41. The highest BCUT2D eigenvalue weighted by Gasteiger charge is 2.32. The van der Waals surface area contributed by atoms with Crippen LogP contribution in [-0.4, -0.2) is 30.7 Å². The van der Waals surface area contributed by atoms with E-state index in [9.17, 15) is 0 Å². The van der Waals surface area contributed by atoms with Crippen LogP contribution in [0.4, 0.5) is 5.69 Å². The molecule has 3 nitrogen and oxygen atoms in total. The molecule has 2 saturated heterocycles. The van der Waals surface area contributed by atoms with Crippen molar-refractivity contribution >= 4 is 5.69 Å². The summed E-state index contributed by atoms with van der Waals surface area (Å²) >= 11 is 0. The van der Waals surface area contributed by atoms with Crippen molar-refractivity contribution < 1.29 is 0 Å². The van der Waals surface area contributed by atoms with Crippen molar-refractivity contribution in [1.29, 1.82) is 0 Å². The number of hydrogen-bond acceptors (Lipinski definition) is 3. The lowest BCUT2D eigenvalue weighted by atomic mass is 9.99. The van der Waals surface area contributed by atoms with Gasteiger partial charge in [-0.05, 0) is 24.0 Å². The van der Waals surface area contributed by atoms with Crippen LogP contribution >= 0.6 is 0 Å². The Kier molecular flexibility index (Phi) is 2.92. The molecule has 1 aromatic heterocycles. The summed E-state index contributed by atoms with van der Waals surface area (Å²) in [5, 5.41) is 3.60. The summed E-state index contributed by atoms with van der Waals surface area (Å²) in [7, 11) is 0. The average Bonchev–Trinajstić information content (AvgIpc) is 2.86. The number of fused-ring (bicyclic) bond motifs is 2. The van der Waals surface area contributed by atoms with Crippen LogP contribution in [0.5, 0.6) is 0 Å². The van der Waals surface area contributed by atoms with Gasteiger partial charge in [-0.15, -0.1) is 0 Å². The van der Waals surface area contributed by atoms with Gasteiger partial charge in [0.15, 0.2) is 0 Å². The van der Waals surface area contributed by atoms with E-state index in [4.69, 9.17) is 0 Å². The van der Waals surface area contributed by atoms with E-state index in [1.54, 1.807) is 0 Å². The van der Waals surface area contributed by atoms with Crippen LogP contribution in [0.25, 0.3) is 11.1 Å². The predicted molar refractivity (Wildman–Crippen MR) is 81.8 cm³/mol. The third kappa shape index (κ3) is 2.18. The van der Waals surface area contributed by atoms with Crippen molar-refractivity contribution in [3.8, 4) is 11.1 Å². The number of rotatable bonds is 2. The van der Waals surface area contributed by atoms with Crippen LogP contribution in [0.1, 0.15) is 6.42 Å². The number of aromatic nitrogens is 1. The summed E-state index contributed by atoms with van der Waals surface area (Å²) < 4.78 is 0. The number of piperidine rings is 1. The third-order valence-electron chi connectivity index (χ3n) is 4.43. The maximum absolute atomic E-state index is 4.44. The molecule has 4 rings (SSSR count). The molecule has 0 unspecified atom stereocenters. The second kappa shape index (κ2) is 4.91. The lowest BCUT2D eigenvalue weighted by molar-refractivity contribution is 0.474. The maximum Gasteiger partial charge on any atom is 0.0559 e. The molecule has 2 bridgehead atoms. The minimum absolute atomic E-state index is 0.661. The smallest absolute Gasteiger partial charge is 0.0559 e. The van der Waals surface area contributed by atoms with Crippen LogP contribution in [-0.2, 0) is 0 Å². The first kappa shape index (κ1) is 11.9. The second-order valence-corrected chi connectivity index (χ2v) is 5.91. The molecule has 0 amide bonds. The Labute approximate surface area is 119 Å². The van der Waals surface area contributed by atoms with Gasteiger partial charge in [-0.2, -0.15) is 0 Å². The van der Waals surface area contributed by atoms with Crippen molar-refractivity contribution in [2.75, 3.05) is 24.5 Å². The van der Waals surface area contributed by atoms with Crippen molar-refractivity contribution in [2.45, 2.75) is 12.5 Å². The number of hydrogen-bond donors (Lipinski definition) is 1. The lowest BCUT2D eigenvalue weighted by Gasteiger charge is -2.32. The van der Waals surface area contributed by atoms with Gasteiger partial charge in [0, 0.05) is 37.4 Å². The highest BCUT2D eigenvalue weighted by atomic mass is 15.2. The molecule has 1 N–H and O–H groups in total. The Morgan fingerprint density at radius 2 is 1.95 bits per heavy atom. The second-order valence-electron chi connectivity index (χ2n) is 5.91. The summed E-state index contributed by atoms with van der Waals surface area (Å²) in [6.07, 6.45) is 5.29. The fourth-order valence-corrected chi connectivity index (χ4v) is 3.43. The first-order chi connectivity index (χ1) is 9.88. The van der Waals surface area contributed by atoms with Crippen molar-refractivity contribution in [2.24, 2.45) is 5.92 Å². The molecule has 0 spiro atoms. The minimum Gasteiger partial charge on any atom is -0.368 e. The normalized spacial score (nSPS) is 24.9. The summed E-state index contributed by atoms with van der Waals surface area (Å²) in [5.41, 5.74) is 3.69. The van der Waals surface area contributed by atoms with E-state index in [1.165, 1.54) is 29.8 Å². The largest absolute Gasteiger partial charge is 0.368 e. The molecule has 0 radical (unpaired) electrons. The van der Waals surface area contributed by atoms with E-state index in [0.29, 0.717) is 6.04 Å². The van der Waals surface area contributed by atoms with Gasteiger partial charge in [-0.3, -0.25) is 4.98 Å². The first-order valence-corrected chi connectivity index (χ1v) is 7.37. The molecule has 3 heteroatoms. The van der Waals surface area contributed by atoms with E-state index in [2.05, 4.69) is 51.6 Å². The molecule has 1 aromatic carbocycles. The number of anilines is 1. The molecule has 102 valence electrons. The van der Waals surface area contributed by atoms with Gasteiger partial charge >= 0.3 is 0 Å². The molecule has 2 fully saturated rings. The molecule has 2 aromatic rings. The summed E-state index contributed by atoms with van der Waals surface area (Å²) in [6, 6.07) is 13.4. The van der Waals surface area contributed by atoms with Gasteiger partial charge in [0.05, 0.1) is 11.9 Å². The Morgan fingerprint density at radius 3 is 2.80 bits per heavy atom. The van der Waals surface area contributed by atoms with Crippen molar-refractivity contribution in [3.05, 3.63) is 48.8 Å². The van der Waals surface area contributed by atoms with Gasteiger partial charge in [-0.25, -0.2) is 0 Å². The molecule has 2 aliphatic rings. The van der Waals surface area contributed by atoms with Gasteiger partial charge < -0.3 is 10.2 Å². The standard InChI is InChI=1S/C17H19N3/c1-2-4-14(5-3-1)15-7-17(10-18-9-15)20-11-13-6-16(12-20)19-8-13/h1-5,7,9-10,13,16,19H,6,8,11-12H2/t13-,16+/m0/s1. The Morgan fingerprint density at radius 1 is 1.05 bits per heavy atom. The fourth-order valence-electron chi connectivity index (χ4n) is 3.43. The van der Waals surface area contributed by atoms with Crippen LogP contribution < -0.4 is 10.2 Å². The fraction of sp³-hybridized carbons (Fsp3) is 0.353. The van der Waals surface area contributed by atoms with E-state index in [-0.39, 0.29) is 0 Å². The molecule has 0 saturated carbocycles. The average molecular weight is 265 g/mol. The molecule has 3 heterocycles. The molecular formula is C17H19N3. The zero-order valence-electron chi connectivity index (χ0n) is 11.5. The topological polar surface area (TPSA) is 28.2 Å². The minimum atomic E-state index is 0.661. The molecule has 0 aliphatic carbocycles. The summed E-state index contributed by atoms with van der Waals surface area (Å²) in [4.78, 5) is 6.93. The van der Waals surface area contributed by atoms with E-state index < -0.39 is 0 Å². The van der Waals surface area contributed by atoms with Crippen molar-refractivity contribution in [3.63, 3.8) is 0 Å². The maximum atomic E-state index is 4.44. The Hall–Kier alpha value is -1.87. The third-order valence-corrected chi connectivity index (χ3v) is 4.43. The van der Waals surface area contributed by atoms with Gasteiger partial charge in [0.2, 0.25) is 0 Å². The van der Waals surface area contributed by atoms with Crippen LogP contribution in [0, 0.1) is 5.92 Å². The first-order valence-electron chi connectivity index (χ1n) is 7.37.